The van der Waals surface area contributed by atoms with Crippen LogP contribution in [-0.4, -0.2) is 42.5 Å². The molecule has 0 spiro atoms. The topological polar surface area (TPSA) is 58.4 Å². The van der Waals surface area contributed by atoms with Crippen LogP contribution < -0.4 is 11.1 Å². The van der Waals surface area contributed by atoms with Gasteiger partial charge in [-0.25, -0.2) is 0 Å². The van der Waals surface area contributed by atoms with Gasteiger partial charge in [-0.1, -0.05) is 30.3 Å². The molecule has 1 saturated carbocycles. The average molecular weight is 275 g/mol. The summed E-state index contributed by atoms with van der Waals surface area (Å²) >= 11 is 0. The zero-order valence-electron chi connectivity index (χ0n) is 12.4. The molecular weight excluding hydrogens is 250 g/mol. The van der Waals surface area contributed by atoms with E-state index in [0.717, 1.165) is 5.56 Å². The summed E-state index contributed by atoms with van der Waals surface area (Å²) in [4.78, 5) is 14.3. The summed E-state index contributed by atoms with van der Waals surface area (Å²) in [6.45, 7) is 2.80. The van der Waals surface area contributed by atoms with Gasteiger partial charge in [0.05, 0.1) is 6.04 Å². The van der Waals surface area contributed by atoms with Gasteiger partial charge >= 0.3 is 0 Å². The van der Waals surface area contributed by atoms with Gasteiger partial charge in [0.25, 0.3) is 0 Å². The lowest BCUT2D eigenvalue weighted by atomic mass is 10.1. The van der Waals surface area contributed by atoms with Crippen molar-refractivity contribution in [3.8, 4) is 0 Å². The first kappa shape index (κ1) is 15.0. The summed E-state index contributed by atoms with van der Waals surface area (Å²) < 4.78 is 0. The van der Waals surface area contributed by atoms with Gasteiger partial charge in [0, 0.05) is 18.6 Å². The number of likely N-dealkylation sites (N-methyl/N-ethyl adjacent to an activating group) is 1. The second-order valence-corrected chi connectivity index (χ2v) is 5.79. The molecule has 0 heterocycles. The molecule has 0 aromatic heterocycles. The van der Waals surface area contributed by atoms with Crippen LogP contribution in [0.3, 0.4) is 0 Å². The van der Waals surface area contributed by atoms with Crippen LogP contribution >= 0.6 is 0 Å². The van der Waals surface area contributed by atoms with Crippen LogP contribution in [0.25, 0.3) is 0 Å². The van der Waals surface area contributed by atoms with Crippen molar-refractivity contribution in [2.75, 3.05) is 13.6 Å². The van der Waals surface area contributed by atoms with Crippen LogP contribution in [0.5, 0.6) is 0 Å². The molecule has 0 radical (unpaired) electrons. The van der Waals surface area contributed by atoms with Crippen LogP contribution in [0, 0.1) is 0 Å². The molecular formula is C16H25N3O. The molecule has 2 atom stereocenters. The van der Waals surface area contributed by atoms with E-state index in [2.05, 4.69) is 24.2 Å². The van der Waals surface area contributed by atoms with Crippen LogP contribution in [0.1, 0.15) is 25.3 Å². The average Bonchev–Trinajstić information content (AvgIpc) is 3.29. The van der Waals surface area contributed by atoms with Gasteiger partial charge in [-0.2, -0.15) is 0 Å². The maximum Gasteiger partial charge on any atom is 0.237 e. The minimum absolute atomic E-state index is 0.0649. The molecule has 2 unspecified atom stereocenters. The van der Waals surface area contributed by atoms with Crippen LogP contribution in [0.15, 0.2) is 30.3 Å². The summed E-state index contributed by atoms with van der Waals surface area (Å²) in [5.74, 6) is -0.0649. The molecule has 20 heavy (non-hydrogen) atoms. The molecule has 1 aromatic rings. The molecule has 0 saturated heterocycles. The molecule has 1 aromatic carbocycles. The van der Waals surface area contributed by atoms with Crippen molar-refractivity contribution < 1.29 is 4.79 Å². The second kappa shape index (κ2) is 6.86. The molecule has 4 heteroatoms. The number of nitrogens with one attached hydrogen (secondary N) is 1. The molecule has 4 nitrogen and oxygen atoms in total. The van der Waals surface area contributed by atoms with E-state index >= 15 is 0 Å². The maximum atomic E-state index is 12.0. The molecule has 110 valence electrons. The van der Waals surface area contributed by atoms with E-state index in [1.807, 2.05) is 30.3 Å². The van der Waals surface area contributed by atoms with Crippen molar-refractivity contribution >= 4 is 5.91 Å². The first-order valence-corrected chi connectivity index (χ1v) is 7.37. The van der Waals surface area contributed by atoms with Gasteiger partial charge < -0.3 is 11.1 Å². The highest BCUT2D eigenvalue weighted by atomic mass is 16.2. The fourth-order valence-electron chi connectivity index (χ4n) is 2.33. The molecule has 3 N–H and O–H groups in total. The Bertz CT molecular complexity index is 431. The smallest absolute Gasteiger partial charge is 0.237 e. The largest absolute Gasteiger partial charge is 0.353 e. The second-order valence-electron chi connectivity index (χ2n) is 5.79. The van der Waals surface area contributed by atoms with E-state index in [-0.39, 0.29) is 5.91 Å². The fourth-order valence-corrected chi connectivity index (χ4v) is 2.33. The van der Waals surface area contributed by atoms with Gasteiger partial charge in [-0.15, -0.1) is 0 Å². The van der Waals surface area contributed by atoms with Gasteiger partial charge in [0.1, 0.15) is 0 Å². The minimum atomic E-state index is -0.476. The van der Waals surface area contributed by atoms with Crippen molar-refractivity contribution in [1.29, 1.82) is 0 Å². The number of benzene rings is 1. The van der Waals surface area contributed by atoms with Crippen molar-refractivity contribution in [3.05, 3.63) is 35.9 Å². The fraction of sp³-hybridized carbons (Fsp3) is 0.562. The highest BCUT2D eigenvalue weighted by Gasteiger charge is 2.29. The minimum Gasteiger partial charge on any atom is -0.353 e. The Hall–Kier alpha value is -1.39. The zero-order valence-corrected chi connectivity index (χ0v) is 12.4. The molecule has 1 amide bonds. The van der Waals surface area contributed by atoms with E-state index in [9.17, 15) is 4.79 Å². The number of hydrogen-bond donors (Lipinski definition) is 2. The van der Waals surface area contributed by atoms with Gasteiger partial charge in [0.2, 0.25) is 5.91 Å². The van der Waals surface area contributed by atoms with Crippen molar-refractivity contribution in [1.82, 2.24) is 10.2 Å². The summed E-state index contributed by atoms with van der Waals surface area (Å²) in [6, 6.07) is 10.5. The lowest BCUT2D eigenvalue weighted by molar-refractivity contribution is -0.122. The third-order valence-corrected chi connectivity index (χ3v) is 4.03. The number of amides is 1. The van der Waals surface area contributed by atoms with E-state index in [1.54, 1.807) is 0 Å². The Morgan fingerprint density at radius 2 is 2.05 bits per heavy atom. The predicted molar refractivity (Wildman–Crippen MR) is 81.4 cm³/mol. The highest BCUT2D eigenvalue weighted by Crippen LogP contribution is 2.26. The summed E-state index contributed by atoms with van der Waals surface area (Å²) in [5.41, 5.74) is 7.05. The molecule has 0 aliphatic heterocycles. The van der Waals surface area contributed by atoms with E-state index < -0.39 is 6.04 Å². The molecule has 0 bridgehead atoms. The highest BCUT2D eigenvalue weighted by molar-refractivity contribution is 5.81. The van der Waals surface area contributed by atoms with Crippen LogP contribution in [0.4, 0.5) is 0 Å². The molecule has 1 aliphatic carbocycles. The Morgan fingerprint density at radius 1 is 1.40 bits per heavy atom. The van der Waals surface area contributed by atoms with Crippen LogP contribution in [-0.2, 0) is 11.2 Å². The Labute approximate surface area is 121 Å². The SMILES string of the molecule is CC(CNC(=O)C(N)Cc1ccccc1)N(C)C1CC1. The normalized spacial score (nSPS) is 17.8. The number of hydrogen-bond acceptors (Lipinski definition) is 3. The van der Waals surface area contributed by atoms with Gasteiger partial charge in [-0.05, 0) is 38.8 Å². The lowest BCUT2D eigenvalue weighted by Gasteiger charge is -2.25. The monoisotopic (exact) mass is 275 g/mol. The predicted octanol–water partition coefficient (Wildman–Crippen LogP) is 1.16. The summed E-state index contributed by atoms with van der Waals surface area (Å²) in [5, 5.41) is 2.96. The standard InChI is InChI=1S/C16H25N3O/c1-12(19(2)14-8-9-14)11-18-16(20)15(17)10-13-6-4-3-5-7-13/h3-7,12,14-15H,8-11,17H2,1-2H3,(H,18,20). The van der Waals surface area contributed by atoms with Crippen molar-refractivity contribution in [3.63, 3.8) is 0 Å². The Morgan fingerprint density at radius 3 is 2.65 bits per heavy atom. The summed E-state index contributed by atoms with van der Waals surface area (Å²) in [6.07, 6.45) is 3.14. The number of nitrogens with zero attached hydrogens (tertiary/aromatic N) is 1. The van der Waals surface area contributed by atoms with E-state index in [0.29, 0.717) is 25.0 Å². The maximum absolute atomic E-state index is 12.0. The zero-order chi connectivity index (χ0) is 14.5. The number of nitrogens with two attached hydrogens (primary N) is 1. The molecule has 2 rings (SSSR count). The van der Waals surface area contributed by atoms with E-state index in [4.69, 9.17) is 5.73 Å². The summed E-state index contributed by atoms with van der Waals surface area (Å²) in [7, 11) is 2.12. The number of carbonyl (C=O) groups is 1. The van der Waals surface area contributed by atoms with Crippen LogP contribution in [0.2, 0.25) is 0 Å². The third-order valence-electron chi connectivity index (χ3n) is 4.03. The first-order valence-electron chi connectivity index (χ1n) is 7.37. The number of carbonyl (C=O) groups excluding carboxylic acids is 1. The lowest BCUT2D eigenvalue weighted by Crippen LogP contribution is -2.47. The number of rotatable bonds is 7. The van der Waals surface area contributed by atoms with Gasteiger partial charge in [0.15, 0.2) is 0 Å². The Kier molecular flexibility index (Phi) is 5.15. The third kappa shape index (κ3) is 4.32. The van der Waals surface area contributed by atoms with E-state index in [1.165, 1.54) is 12.8 Å². The van der Waals surface area contributed by atoms with Gasteiger partial charge in [-0.3, -0.25) is 9.69 Å². The Balaban J connectivity index is 1.73. The quantitative estimate of drug-likeness (QED) is 0.785. The first-order chi connectivity index (χ1) is 9.58. The molecule has 1 aliphatic rings. The van der Waals surface area contributed by atoms with Crippen molar-refractivity contribution in [2.45, 2.75) is 44.3 Å². The van der Waals surface area contributed by atoms with Crippen molar-refractivity contribution in [2.24, 2.45) is 5.73 Å². The molecule has 1 fully saturated rings.